The van der Waals surface area contributed by atoms with Gasteiger partial charge in [0.05, 0.1) is 23.0 Å². The van der Waals surface area contributed by atoms with E-state index >= 15 is 0 Å². The summed E-state index contributed by atoms with van der Waals surface area (Å²) in [6.07, 6.45) is 0. The third kappa shape index (κ3) is 6.43. The van der Waals surface area contributed by atoms with Crippen molar-refractivity contribution in [3.05, 3.63) is 95.8 Å². The van der Waals surface area contributed by atoms with Crippen LogP contribution in [-0.2, 0) is 15.0 Å². The third-order valence-electron chi connectivity index (χ3n) is 5.23. The van der Waals surface area contributed by atoms with Gasteiger partial charge in [0.25, 0.3) is 5.91 Å². The van der Waals surface area contributed by atoms with Gasteiger partial charge in [0, 0.05) is 14.1 Å². The van der Waals surface area contributed by atoms with Gasteiger partial charge in [-0.15, -0.1) is 0 Å². The number of benzene rings is 3. The van der Waals surface area contributed by atoms with Gasteiger partial charge in [0.2, 0.25) is 5.91 Å². The van der Waals surface area contributed by atoms with Crippen molar-refractivity contribution in [3.8, 4) is 0 Å². The first-order chi connectivity index (χ1) is 16.6. The first-order valence-corrected chi connectivity index (χ1v) is 12.2. The van der Waals surface area contributed by atoms with Crippen molar-refractivity contribution in [2.45, 2.75) is 13.0 Å². The van der Waals surface area contributed by atoms with E-state index in [1.807, 2.05) is 37.3 Å². The molecule has 0 aromatic heterocycles. The lowest BCUT2D eigenvalue weighted by Crippen LogP contribution is -2.44. The molecular formula is C25H27FN4O4S. The van der Waals surface area contributed by atoms with E-state index in [0.717, 1.165) is 26.3 Å². The van der Waals surface area contributed by atoms with Gasteiger partial charge in [0.1, 0.15) is 12.4 Å². The highest BCUT2D eigenvalue weighted by Gasteiger charge is 2.28. The molecule has 0 aliphatic heterocycles. The van der Waals surface area contributed by atoms with Crippen LogP contribution >= 0.6 is 0 Å². The van der Waals surface area contributed by atoms with Crippen molar-refractivity contribution in [2.24, 2.45) is 0 Å². The van der Waals surface area contributed by atoms with E-state index in [1.165, 1.54) is 26.2 Å². The third-order valence-corrected chi connectivity index (χ3v) is 7.05. The monoisotopic (exact) mass is 498 g/mol. The minimum atomic E-state index is -4.06. The first kappa shape index (κ1) is 25.9. The lowest BCUT2D eigenvalue weighted by molar-refractivity contribution is -0.114. The zero-order valence-electron chi connectivity index (χ0n) is 19.6. The Morgan fingerprint density at radius 3 is 2.14 bits per heavy atom. The number of carbonyl (C=O) groups is 2. The van der Waals surface area contributed by atoms with Crippen LogP contribution in [0.25, 0.3) is 0 Å². The standard InChI is InChI=1S/C25H27FN4O4S/c1-18(19-9-5-4-6-10-19)27-25(32)22-11-7-8-12-23(22)28-24(31)17-30(35(33,34)29(2)3)21-15-13-20(26)14-16-21/h4-16,18H,17H2,1-3H3,(H,27,32)(H,28,31)/t18-/m0/s1. The van der Waals surface area contributed by atoms with Crippen molar-refractivity contribution < 1.29 is 22.4 Å². The lowest BCUT2D eigenvalue weighted by Gasteiger charge is -2.27. The van der Waals surface area contributed by atoms with Crippen LogP contribution in [-0.4, -0.2) is 45.2 Å². The van der Waals surface area contributed by atoms with E-state index in [4.69, 9.17) is 0 Å². The highest BCUT2D eigenvalue weighted by Crippen LogP contribution is 2.22. The van der Waals surface area contributed by atoms with Crippen LogP contribution in [0, 0.1) is 5.82 Å². The second kappa shape index (κ2) is 11.1. The summed E-state index contributed by atoms with van der Waals surface area (Å²) >= 11 is 0. The summed E-state index contributed by atoms with van der Waals surface area (Å²) < 4.78 is 40.9. The average Bonchev–Trinajstić information content (AvgIpc) is 2.84. The molecule has 2 amide bonds. The van der Waals surface area contributed by atoms with Crippen LogP contribution in [0.5, 0.6) is 0 Å². The summed E-state index contributed by atoms with van der Waals surface area (Å²) in [6.45, 7) is 1.27. The molecule has 0 saturated heterocycles. The first-order valence-electron chi connectivity index (χ1n) is 10.8. The normalized spacial score (nSPS) is 12.1. The van der Waals surface area contributed by atoms with Gasteiger partial charge in [-0.2, -0.15) is 12.7 Å². The fraction of sp³-hybridized carbons (Fsp3) is 0.200. The Hall–Kier alpha value is -3.76. The number of hydrogen-bond donors (Lipinski definition) is 2. The number of halogens is 1. The second-order valence-corrected chi connectivity index (χ2v) is 10.0. The molecule has 3 rings (SSSR count). The molecule has 184 valence electrons. The van der Waals surface area contributed by atoms with Crippen LogP contribution in [0.4, 0.5) is 15.8 Å². The maximum Gasteiger partial charge on any atom is 0.304 e. The van der Waals surface area contributed by atoms with Gasteiger partial charge < -0.3 is 10.6 Å². The van der Waals surface area contributed by atoms with Crippen LogP contribution in [0.15, 0.2) is 78.9 Å². The molecule has 35 heavy (non-hydrogen) atoms. The Morgan fingerprint density at radius 1 is 0.914 bits per heavy atom. The van der Waals surface area contributed by atoms with Crippen molar-refractivity contribution in [3.63, 3.8) is 0 Å². The highest BCUT2D eigenvalue weighted by atomic mass is 32.2. The van der Waals surface area contributed by atoms with Crippen LogP contribution in [0.1, 0.15) is 28.9 Å². The molecule has 8 nitrogen and oxygen atoms in total. The van der Waals surface area contributed by atoms with Gasteiger partial charge in [-0.3, -0.25) is 9.59 Å². The Bertz CT molecular complexity index is 1280. The molecule has 0 aliphatic carbocycles. The fourth-order valence-corrected chi connectivity index (χ4v) is 4.38. The van der Waals surface area contributed by atoms with E-state index in [1.54, 1.807) is 24.3 Å². The SMILES string of the molecule is C[C@H](NC(=O)c1ccccc1NC(=O)CN(c1ccc(F)cc1)S(=O)(=O)N(C)C)c1ccccc1. The van der Waals surface area contributed by atoms with Gasteiger partial charge in [0.15, 0.2) is 0 Å². The molecule has 0 radical (unpaired) electrons. The molecule has 0 heterocycles. The van der Waals surface area contributed by atoms with Crippen molar-refractivity contribution in [1.29, 1.82) is 0 Å². The maximum atomic E-state index is 13.4. The average molecular weight is 499 g/mol. The summed E-state index contributed by atoms with van der Waals surface area (Å²) in [5.74, 6) is -1.60. The molecule has 10 heteroatoms. The summed E-state index contributed by atoms with van der Waals surface area (Å²) in [5.41, 5.74) is 1.51. The summed E-state index contributed by atoms with van der Waals surface area (Å²) in [5, 5.41) is 5.53. The number of amides is 2. The molecule has 0 bridgehead atoms. The van der Waals surface area contributed by atoms with E-state index in [2.05, 4.69) is 10.6 Å². The van der Waals surface area contributed by atoms with E-state index in [9.17, 15) is 22.4 Å². The molecule has 2 N–H and O–H groups in total. The molecule has 0 unspecified atom stereocenters. The van der Waals surface area contributed by atoms with E-state index in [0.29, 0.717) is 0 Å². The van der Waals surface area contributed by atoms with Crippen LogP contribution < -0.4 is 14.9 Å². The van der Waals surface area contributed by atoms with Crippen molar-refractivity contribution in [1.82, 2.24) is 9.62 Å². The Kier molecular flexibility index (Phi) is 8.21. The van der Waals surface area contributed by atoms with Crippen molar-refractivity contribution in [2.75, 3.05) is 30.3 Å². The summed E-state index contributed by atoms with van der Waals surface area (Å²) in [7, 11) is -1.40. The molecule has 0 spiro atoms. The quantitative estimate of drug-likeness (QED) is 0.471. The molecule has 0 fully saturated rings. The second-order valence-electron chi connectivity index (χ2n) is 7.97. The Labute approximate surface area is 204 Å². The summed E-state index contributed by atoms with van der Waals surface area (Å²) in [4.78, 5) is 25.9. The number of anilines is 2. The topological polar surface area (TPSA) is 98.8 Å². The number of nitrogens with zero attached hydrogens (tertiary/aromatic N) is 2. The largest absolute Gasteiger partial charge is 0.345 e. The van der Waals surface area contributed by atoms with Gasteiger partial charge in [-0.05, 0) is 48.9 Å². The van der Waals surface area contributed by atoms with Gasteiger partial charge in [-0.1, -0.05) is 42.5 Å². The number of carbonyl (C=O) groups excluding carboxylic acids is 2. The van der Waals surface area contributed by atoms with Crippen LogP contribution in [0.3, 0.4) is 0 Å². The van der Waals surface area contributed by atoms with E-state index in [-0.39, 0.29) is 23.0 Å². The van der Waals surface area contributed by atoms with Gasteiger partial charge >= 0.3 is 10.2 Å². The minimum Gasteiger partial charge on any atom is -0.345 e. The smallest absolute Gasteiger partial charge is 0.304 e. The molecular weight excluding hydrogens is 471 g/mol. The Balaban J connectivity index is 1.80. The fourth-order valence-electron chi connectivity index (χ4n) is 3.32. The maximum absolute atomic E-state index is 13.4. The molecule has 1 atom stereocenters. The Morgan fingerprint density at radius 2 is 1.51 bits per heavy atom. The zero-order chi connectivity index (χ0) is 25.6. The van der Waals surface area contributed by atoms with Crippen LogP contribution in [0.2, 0.25) is 0 Å². The van der Waals surface area contributed by atoms with E-state index < -0.39 is 34.4 Å². The van der Waals surface area contributed by atoms with Gasteiger partial charge in [-0.25, -0.2) is 8.70 Å². The van der Waals surface area contributed by atoms with Crippen molar-refractivity contribution >= 4 is 33.4 Å². The number of rotatable bonds is 9. The molecule has 0 aliphatic rings. The highest BCUT2D eigenvalue weighted by molar-refractivity contribution is 7.90. The number of nitrogens with one attached hydrogen (secondary N) is 2. The molecule has 3 aromatic carbocycles. The lowest BCUT2D eigenvalue weighted by atomic mass is 10.1. The number of hydrogen-bond acceptors (Lipinski definition) is 4. The summed E-state index contributed by atoms with van der Waals surface area (Å²) in [6, 6.07) is 20.4. The predicted octanol–water partition coefficient (Wildman–Crippen LogP) is 3.57. The molecule has 0 saturated carbocycles. The molecule has 3 aromatic rings. The zero-order valence-corrected chi connectivity index (χ0v) is 20.4. The number of para-hydroxylation sites is 1. The minimum absolute atomic E-state index is 0.123. The predicted molar refractivity (Wildman–Crippen MR) is 134 cm³/mol.